The molecule has 43 heavy (non-hydrogen) atoms. The van der Waals surface area contributed by atoms with E-state index in [2.05, 4.69) is 46.0 Å². The first-order valence-electron chi connectivity index (χ1n) is 15.2. The molecule has 1 saturated heterocycles. The maximum atomic E-state index is 13.2. The van der Waals surface area contributed by atoms with Gasteiger partial charge in [-0.05, 0) is 43.1 Å². The molecule has 3 heterocycles. The third kappa shape index (κ3) is 8.03. The molecule has 0 aliphatic carbocycles. The van der Waals surface area contributed by atoms with Gasteiger partial charge < -0.3 is 34.5 Å². The minimum Gasteiger partial charge on any atom is -0.465 e. The summed E-state index contributed by atoms with van der Waals surface area (Å²) in [4.78, 5) is 23.7. The van der Waals surface area contributed by atoms with Gasteiger partial charge in [0.1, 0.15) is 30.0 Å². The number of hydrogen-bond donors (Lipinski definition) is 3. The van der Waals surface area contributed by atoms with E-state index in [1.165, 1.54) is 6.33 Å². The van der Waals surface area contributed by atoms with E-state index in [-0.39, 0.29) is 24.2 Å². The van der Waals surface area contributed by atoms with Crippen LogP contribution >= 0.6 is 8.53 Å². The Morgan fingerprint density at radius 1 is 1.19 bits per heavy atom. The zero-order valence-corrected chi connectivity index (χ0v) is 26.1. The molecule has 4 unspecified atom stereocenters. The lowest BCUT2D eigenvalue weighted by Crippen LogP contribution is -2.38. The van der Waals surface area contributed by atoms with Gasteiger partial charge in [-0.1, -0.05) is 70.0 Å². The number of aromatic nitrogens is 2. The molecular weight excluding hydrogens is 567 g/mol. The quantitative estimate of drug-likeness (QED) is 0.107. The number of anilines is 3. The highest BCUT2D eigenvalue weighted by Crippen LogP contribution is 2.42. The van der Waals surface area contributed by atoms with Gasteiger partial charge in [0.15, 0.2) is 11.6 Å². The number of hydrogen-bond acceptors (Lipinski definition) is 11. The van der Waals surface area contributed by atoms with Crippen molar-refractivity contribution < 1.29 is 23.3 Å². The van der Waals surface area contributed by atoms with E-state index in [0.29, 0.717) is 37.9 Å². The molecule has 4 atom stereocenters. The van der Waals surface area contributed by atoms with E-state index in [1.54, 1.807) is 0 Å². The Labute approximate surface area is 254 Å². The normalized spacial score (nSPS) is 19.3. The first kappa shape index (κ1) is 31.2. The van der Waals surface area contributed by atoms with Crippen LogP contribution in [0.4, 0.5) is 17.3 Å². The van der Waals surface area contributed by atoms with Crippen LogP contribution in [0.25, 0.3) is 10.8 Å². The van der Waals surface area contributed by atoms with E-state index >= 15 is 0 Å². The number of benzene rings is 2. The van der Waals surface area contributed by atoms with Crippen LogP contribution in [0, 0.1) is 5.92 Å². The van der Waals surface area contributed by atoms with E-state index in [9.17, 15) is 4.79 Å². The minimum absolute atomic E-state index is 0.152. The van der Waals surface area contributed by atoms with Crippen LogP contribution in [0.5, 0.6) is 5.75 Å². The number of unbranched alkanes of at least 4 members (excludes halogenated alkanes) is 2. The Morgan fingerprint density at radius 2 is 2.02 bits per heavy atom. The SMILES string of the molecule is CCCCCOC(=O)C(CC(C)C)NP(OCC1CCC(N2CNc3c(N)ncnc32)O1)Oc1cccc2ccccc12. The van der Waals surface area contributed by atoms with Crippen molar-refractivity contribution in [2.24, 2.45) is 5.92 Å². The van der Waals surface area contributed by atoms with Gasteiger partial charge in [0, 0.05) is 5.39 Å². The van der Waals surface area contributed by atoms with Gasteiger partial charge in [0.25, 0.3) is 0 Å². The van der Waals surface area contributed by atoms with Crippen molar-refractivity contribution in [3.63, 3.8) is 0 Å². The molecule has 0 radical (unpaired) electrons. The van der Waals surface area contributed by atoms with Crippen LogP contribution < -0.4 is 25.6 Å². The van der Waals surface area contributed by atoms with Crippen LogP contribution in [0.2, 0.25) is 0 Å². The summed E-state index contributed by atoms with van der Waals surface area (Å²) in [7, 11) is -1.72. The second kappa shape index (κ2) is 15.0. The van der Waals surface area contributed by atoms with Gasteiger partial charge in [-0.25, -0.2) is 15.1 Å². The summed E-state index contributed by atoms with van der Waals surface area (Å²) in [6.07, 6.45) is 6.31. The molecule has 232 valence electrons. The summed E-state index contributed by atoms with van der Waals surface area (Å²) in [5.74, 6) is 1.85. The van der Waals surface area contributed by atoms with Crippen LogP contribution in [0.1, 0.15) is 59.3 Å². The smallest absolute Gasteiger partial charge is 0.323 e. The second-order valence-corrected chi connectivity index (χ2v) is 12.6. The number of nitrogens with one attached hydrogen (secondary N) is 2. The standard InChI is InChI=1S/C31H43N6O5P/c1-4-5-8-16-39-31(38)25(17-21(2)3)36-43(42-26-13-9-11-22-10-6-7-12-24(22)26)40-18-23-14-15-27(41-23)37-20-35-28-29(32)33-19-34-30(28)37/h6-7,9-13,19,21,23,25,27,35-36H,4-5,8,14-18,20H2,1-3H3,(H2,32,33,34). The van der Waals surface area contributed by atoms with E-state index in [0.717, 1.165) is 54.4 Å². The van der Waals surface area contributed by atoms with E-state index in [1.807, 2.05) is 42.5 Å². The molecular formula is C31H43N6O5P. The lowest BCUT2D eigenvalue weighted by molar-refractivity contribution is -0.146. The van der Waals surface area contributed by atoms with Crippen LogP contribution in [-0.2, 0) is 18.8 Å². The molecule has 0 saturated carbocycles. The molecule has 11 nitrogen and oxygen atoms in total. The van der Waals surface area contributed by atoms with Gasteiger partial charge in [-0.15, -0.1) is 0 Å². The van der Waals surface area contributed by atoms with Crippen molar-refractivity contribution >= 4 is 42.6 Å². The van der Waals surface area contributed by atoms with Crippen molar-refractivity contribution in [1.29, 1.82) is 0 Å². The highest BCUT2D eigenvalue weighted by Gasteiger charge is 2.36. The number of nitrogen functional groups attached to an aromatic ring is 1. The highest BCUT2D eigenvalue weighted by atomic mass is 31.2. The van der Waals surface area contributed by atoms with Crippen molar-refractivity contribution in [3.05, 3.63) is 48.8 Å². The predicted octanol–water partition coefficient (Wildman–Crippen LogP) is 5.97. The molecule has 0 spiro atoms. The van der Waals surface area contributed by atoms with Crippen molar-refractivity contribution in [3.8, 4) is 5.75 Å². The molecule has 3 aromatic rings. The monoisotopic (exact) mass is 610 g/mol. The van der Waals surface area contributed by atoms with Gasteiger partial charge in [0.05, 0.1) is 26.0 Å². The Balaban J connectivity index is 1.27. The van der Waals surface area contributed by atoms with E-state index in [4.69, 9.17) is 24.3 Å². The lowest BCUT2D eigenvalue weighted by atomic mass is 10.1. The average Bonchev–Trinajstić information content (AvgIpc) is 3.65. The topological polar surface area (TPSA) is 133 Å². The highest BCUT2D eigenvalue weighted by molar-refractivity contribution is 7.45. The van der Waals surface area contributed by atoms with Gasteiger partial charge in [0.2, 0.25) is 0 Å². The largest absolute Gasteiger partial charge is 0.465 e. The Hall–Kier alpha value is -3.24. The number of esters is 1. The fourth-order valence-corrected chi connectivity index (χ4v) is 6.61. The third-order valence-electron chi connectivity index (χ3n) is 7.54. The Morgan fingerprint density at radius 3 is 2.86 bits per heavy atom. The molecule has 0 bridgehead atoms. The number of carbonyl (C=O) groups excluding carboxylic acids is 1. The van der Waals surface area contributed by atoms with Gasteiger partial charge >= 0.3 is 14.5 Å². The fraction of sp³-hybridized carbons (Fsp3) is 0.516. The summed E-state index contributed by atoms with van der Waals surface area (Å²) in [5, 5.41) is 8.69. The molecule has 12 heteroatoms. The molecule has 2 aliphatic heterocycles. The molecule has 4 N–H and O–H groups in total. The maximum absolute atomic E-state index is 13.2. The molecule has 0 amide bonds. The molecule has 2 aliphatic rings. The fourth-order valence-electron chi connectivity index (χ4n) is 5.32. The lowest BCUT2D eigenvalue weighted by Gasteiger charge is -2.27. The van der Waals surface area contributed by atoms with Crippen molar-refractivity contribution in [2.45, 2.75) is 77.7 Å². The summed E-state index contributed by atoms with van der Waals surface area (Å²) < 4.78 is 25.0. The summed E-state index contributed by atoms with van der Waals surface area (Å²) in [5.41, 5.74) is 6.75. The number of nitrogens with two attached hydrogens (primary N) is 1. The maximum Gasteiger partial charge on any atom is 0.323 e. The van der Waals surface area contributed by atoms with E-state index < -0.39 is 14.6 Å². The van der Waals surface area contributed by atoms with Crippen molar-refractivity contribution in [1.82, 2.24) is 15.1 Å². The zero-order chi connectivity index (χ0) is 30.2. The van der Waals surface area contributed by atoms with Crippen LogP contribution in [0.3, 0.4) is 0 Å². The number of nitrogens with zero attached hydrogens (tertiary/aromatic N) is 3. The number of ether oxygens (including phenoxy) is 2. The summed E-state index contributed by atoms with van der Waals surface area (Å²) in [6.45, 7) is 7.57. The first-order valence-corrected chi connectivity index (χ1v) is 16.4. The van der Waals surface area contributed by atoms with Crippen molar-refractivity contribution in [2.75, 3.05) is 35.8 Å². The van der Waals surface area contributed by atoms with Gasteiger partial charge in [-0.3, -0.25) is 4.79 Å². The first-order chi connectivity index (χ1) is 20.9. The summed E-state index contributed by atoms with van der Waals surface area (Å²) >= 11 is 0. The molecule has 2 aromatic carbocycles. The van der Waals surface area contributed by atoms with Crippen LogP contribution in [0.15, 0.2) is 48.8 Å². The zero-order valence-electron chi connectivity index (χ0n) is 25.2. The average molecular weight is 611 g/mol. The predicted molar refractivity (Wildman–Crippen MR) is 170 cm³/mol. The second-order valence-electron chi connectivity index (χ2n) is 11.4. The number of rotatable bonds is 15. The molecule has 1 aromatic heterocycles. The van der Waals surface area contributed by atoms with Gasteiger partial charge in [-0.2, -0.15) is 0 Å². The Bertz CT molecular complexity index is 1360. The third-order valence-corrected chi connectivity index (χ3v) is 8.81. The summed E-state index contributed by atoms with van der Waals surface area (Å²) in [6, 6.07) is 13.4. The minimum atomic E-state index is -1.72. The Kier molecular flexibility index (Phi) is 10.9. The van der Waals surface area contributed by atoms with Crippen LogP contribution in [-0.4, -0.2) is 54.2 Å². The number of fused-ring (bicyclic) bond motifs is 2. The molecule has 5 rings (SSSR count). The number of carbonyl (C=O) groups is 1. The molecule has 1 fully saturated rings.